The first kappa shape index (κ1) is 16.9. The molecule has 0 atom stereocenters. The Kier molecular flexibility index (Phi) is 6.67. The van der Waals surface area contributed by atoms with Crippen molar-refractivity contribution in [1.82, 2.24) is 5.23 Å². The molecule has 1 heterocycles. The molecular weight excluding hydrogens is 252 g/mol. The highest BCUT2D eigenvalue weighted by atomic mass is 14.8. The van der Waals surface area contributed by atoms with Gasteiger partial charge in [0.2, 0.25) is 7.41 Å². The minimum atomic E-state index is 0.661. The van der Waals surface area contributed by atoms with E-state index in [1.807, 2.05) is 0 Å². The molecule has 1 nitrogen and oxygen atoms in total. The smallest absolute Gasteiger partial charge is 0.205 e. The molecule has 0 aromatic carbocycles. The summed E-state index contributed by atoms with van der Waals surface area (Å²) < 4.78 is 0. The third kappa shape index (κ3) is 4.77. The van der Waals surface area contributed by atoms with Crippen LogP contribution in [-0.4, -0.2) is 20.2 Å². The van der Waals surface area contributed by atoms with Gasteiger partial charge in [-0.05, 0) is 31.2 Å². The molecule has 115 valence electrons. The largest absolute Gasteiger partial charge is 0.358 e. The monoisotopic (exact) mass is 284 g/mol. The van der Waals surface area contributed by atoms with Crippen LogP contribution in [0.15, 0.2) is 22.6 Å². The lowest BCUT2D eigenvalue weighted by atomic mass is 9.42. The summed E-state index contributed by atoms with van der Waals surface area (Å²) in [6.45, 7) is 9.97. The zero-order valence-electron chi connectivity index (χ0n) is 14.5. The summed E-state index contributed by atoms with van der Waals surface area (Å²) in [5, 5.41) is 3.68. The standard InChI is InChI=1S/C18H32B2N/c1-14(2)18-13-16(20(4)15(18)3)11-12-19-21-17-9-7-5-6-8-10-17/h13-14,17,21H,5-12H2,1-4H3. The van der Waals surface area contributed by atoms with Crippen molar-refractivity contribution in [2.75, 3.05) is 0 Å². The molecule has 1 radical (unpaired) electrons. The van der Waals surface area contributed by atoms with Crippen molar-refractivity contribution in [2.24, 2.45) is 5.92 Å². The fraction of sp³-hybridized carbons (Fsp3) is 0.778. The molecule has 1 aliphatic heterocycles. The topological polar surface area (TPSA) is 12.0 Å². The van der Waals surface area contributed by atoms with Gasteiger partial charge in [0, 0.05) is 0 Å². The van der Waals surface area contributed by atoms with E-state index in [2.05, 4.69) is 46.3 Å². The molecule has 0 saturated heterocycles. The van der Waals surface area contributed by atoms with Crippen LogP contribution in [0, 0.1) is 5.92 Å². The molecule has 3 heteroatoms. The maximum absolute atomic E-state index is 3.68. The predicted octanol–water partition coefficient (Wildman–Crippen LogP) is 4.84. The Morgan fingerprint density at radius 1 is 1.24 bits per heavy atom. The molecule has 1 saturated carbocycles. The molecule has 0 unspecified atom stereocenters. The summed E-state index contributed by atoms with van der Waals surface area (Å²) in [5.74, 6) is 0.665. The number of nitrogens with one attached hydrogen (secondary N) is 1. The van der Waals surface area contributed by atoms with Crippen LogP contribution in [-0.2, 0) is 0 Å². The maximum Gasteiger partial charge on any atom is 0.205 e. The Bertz CT molecular complexity index is 390. The summed E-state index contributed by atoms with van der Waals surface area (Å²) in [5.41, 5.74) is 4.81. The van der Waals surface area contributed by atoms with Crippen molar-refractivity contribution < 1.29 is 0 Å². The van der Waals surface area contributed by atoms with Crippen LogP contribution < -0.4 is 5.23 Å². The second-order valence-electron chi connectivity index (χ2n) is 7.33. The molecule has 2 rings (SSSR count). The Hall–Kier alpha value is -0.430. The normalized spacial score (nSPS) is 21.0. The zero-order valence-corrected chi connectivity index (χ0v) is 14.5. The van der Waals surface area contributed by atoms with Gasteiger partial charge in [0.05, 0.1) is 0 Å². The zero-order chi connectivity index (χ0) is 15.2. The molecule has 1 N–H and O–H groups in total. The molecule has 2 aliphatic rings. The minimum Gasteiger partial charge on any atom is -0.358 e. The molecular formula is C18H32B2N. The van der Waals surface area contributed by atoms with Crippen LogP contribution in [0.2, 0.25) is 13.1 Å². The SMILES string of the molecule is CB1C(CC[B]NC2CCCCCC2)=CC(C(C)C)=C1C. The first-order chi connectivity index (χ1) is 10.1. The fourth-order valence-electron chi connectivity index (χ4n) is 3.81. The average Bonchev–Trinajstić information content (AvgIpc) is 2.66. The van der Waals surface area contributed by atoms with Gasteiger partial charge >= 0.3 is 0 Å². The minimum absolute atomic E-state index is 0.661. The molecule has 1 aliphatic carbocycles. The van der Waals surface area contributed by atoms with Gasteiger partial charge in [0.15, 0.2) is 6.71 Å². The van der Waals surface area contributed by atoms with E-state index in [0.717, 1.165) is 6.04 Å². The predicted molar refractivity (Wildman–Crippen MR) is 97.0 cm³/mol. The van der Waals surface area contributed by atoms with Gasteiger partial charge in [-0.15, -0.1) is 0 Å². The second-order valence-corrected chi connectivity index (χ2v) is 7.33. The lowest BCUT2D eigenvalue weighted by Crippen LogP contribution is -2.31. The highest BCUT2D eigenvalue weighted by Gasteiger charge is 2.24. The van der Waals surface area contributed by atoms with Crippen molar-refractivity contribution in [3.8, 4) is 0 Å². The molecule has 0 bridgehead atoms. The second kappa shape index (κ2) is 8.27. The first-order valence-electron chi connectivity index (χ1n) is 9.08. The quantitative estimate of drug-likeness (QED) is 0.418. The van der Waals surface area contributed by atoms with Crippen LogP contribution in [0.5, 0.6) is 0 Å². The van der Waals surface area contributed by atoms with E-state index in [1.54, 1.807) is 16.5 Å². The maximum atomic E-state index is 3.68. The summed E-state index contributed by atoms with van der Waals surface area (Å²) >= 11 is 0. The van der Waals surface area contributed by atoms with Gasteiger partial charge in [0.1, 0.15) is 0 Å². The summed E-state index contributed by atoms with van der Waals surface area (Å²) in [6.07, 6.45) is 13.3. The third-order valence-corrected chi connectivity index (χ3v) is 5.41. The van der Waals surface area contributed by atoms with Gasteiger partial charge in [-0.3, -0.25) is 0 Å². The molecule has 21 heavy (non-hydrogen) atoms. The van der Waals surface area contributed by atoms with Crippen LogP contribution >= 0.6 is 0 Å². The van der Waals surface area contributed by atoms with Crippen LogP contribution in [0.1, 0.15) is 65.7 Å². The van der Waals surface area contributed by atoms with Crippen molar-refractivity contribution in [2.45, 2.75) is 84.9 Å². The lowest BCUT2D eigenvalue weighted by molar-refractivity contribution is 0.541. The molecule has 1 fully saturated rings. The number of hydrogen-bond acceptors (Lipinski definition) is 1. The molecule has 0 spiro atoms. The highest BCUT2D eigenvalue weighted by Crippen LogP contribution is 2.31. The van der Waals surface area contributed by atoms with Crippen molar-refractivity contribution >= 4 is 14.1 Å². The number of allylic oxidation sites excluding steroid dienone is 4. The Balaban J connectivity index is 1.71. The van der Waals surface area contributed by atoms with E-state index in [-0.39, 0.29) is 0 Å². The Morgan fingerprint density at radius 3 is 2.48 bits per heavy atom. The molecule has 0 aromatic rings. The Morgan fingerprint density at radius 2 is 1.90 bits per heavy atom. The molecule has 0 amide bonds. The number of rotatable bonds is 6. The summed E-state index contributed by atoms with van der Waals surface area (Å²) in [6, 6.07) is 0.744. The van der Waals surface area contributed by atoms with E-state index >= 15 is 0 Å². The van der Waals surface area contributed by atoms with E-state index in [4.69, 9.17) is 0 Å². The van der Waals surface area contributed by atoms with Gasteiger partial charge in [-0.25, -0.2) is 0 Å². The van der Waals surface area contributed by atoms with E-state index in [0.29, 0.717) is 12.6 Å². The van der Waals surface area contributed by atoms with E-state index < -0.39 is 0 Å². The third-order valence-electron chi connectivity index (χ3n) is 5.41. The van der Waals surface area contributed by atoms with E-state index in [9.17, 15) is 0 Å². The lowest BCUT2D eigenvalue weighted by Gasteiger charge is -2.16. The van der Waals surface area contributed by atoms with Crippen LogP contribution in [0.4, 0.5) is 0 Å². The molecule has 0 aromatic heterocycles. The summed E-state index contributed by atoms with van der Waals surface area (Å²) in [4.78, 5) is 0. The summed E-state index contributed by atoms with van der Waals surface area (Å²) in [7, 11) is 2.34. The van der Waals surface area contributed by atoms with Crippen LogP contribution in [0.3, 0.4) is 0 Å². The van der Waals surface area contributed by atoms with Gasteiger partial charge in [-0.1, -0.05) is 82.2 Å². The van der Waals surface area contributed by atoms with Crippen molar-refractivity contribution in [3.05, 3.63) is 22.6 Å². The fourth-order valence-corrected chi connectivity index (χ4v) is 3.81. The van der Waals surface area contributed by atoms with Crippen molar-refractivity contribution in [1.29, 1.82) is 0 Å². The van der Waals surface area contributed by atoms with Gasteiger partial charge < -0.3 is 5.23 Å². The van der Waals surface area contributed by atoms with Gasteiger partial charge in [-0.2, -0.15) is 0 Å². The van der Waals surface area contributed by atoms with Gasteiger partial charge in [0.25, 0.3) is 0 Å². The van der Waals surface area contributed by atoms with E-state index in [1.165, 1.54) is 51.3 Å². The first-order valence-corrected chi connectivity index (χ1v) is 9.08. The van der Waals surface area contributed by atoms with Crippen LogP contribution in [0.25, 0.3) is 0 Å². The Labute approximate surface area is 133 Å². The van der Waals surface area contributed by atoms with Crippen molar-refractivity contribution in [3.63, 3.8) is 0 Å². The average molecular weight is 284 g/mol. The number of hydrogen-bond donors (Lipinski definition) is 1. The highest BCUT2D eigenvalue weighted by molar-refractivity contribution is 6.74.